The van der Waals surface area contributed by atoms with Gasteiger partial charge in [-0.3, -0.25) is 4.90 Å². The van der Waals surface area contributed by atoms with Crippen molar-refractivity contribution in [3.05, 3.63) is 151 Å². The van der Waals surface area contributed by atoms with Gasteiger partial charge in [-0.2, -0.15) is 0 Å². The summed E-state index contributed by atoms with van der Waals surface area (Å²) in [5.74, 6) is 1.08. The lowest BCUT2D eigenvalue weighted by Crippen LogP contribution is -2.23. The summed E-state index contributed by atoms with van der Waals surface area (Å²) in [4.78, 5) is 2.20. The molecule has 0 bridgehead atoms. The van der Waals surface area contributed by atoms with Crippen molar-refractivity contribution in [2.75, 3.05) is 4.90 Å². The van der Waals surface area contributed by atoms with Crippen LogP contribution in [0.15, 0.2) is 151 Å². The summed E-state index contributed by atoms with van der Waals surface area (Å²) in [6, 6.07) is 36.5. The summed E-state index contributed by atoms with van der Waals surface area (Å²) in [6.07, 6.45) is 16.0. The first-order chi connectivity index (χ1) is 19.3. The van der Waals surface area contributed by atoms with Crippen LogP contribution in [-0.4, -0.2) is 4.57 Å². The molecule has 39 heavy (non-hydrogen) atoms. The van der Waals surface area contributed by atoms with Crippen LogP contribution in [0, 0.1) is 5.92 Å². The Hall–Kier alpha value is -5.02. The van der Waals surface area contributed by atoms with E-state index in [4.69, 9.17) is 5.73 Å². The van der Waals surface area contributed by atoms with E-state index in [0.717, 1.165) is 34.6 Å². The molecule has 3 nitrogen and oxygen atoms in total. The van der Waals surface area contributed by atoms with Crippen molar-refractivity contribution in [1.29, 1.82) is 0 Å². The molecule has 0 saturated heterocycles. The molecule has 2 N–H and O–H groups in total. The van der Waals surface area contributed by atoms with E-state index in [9.17, 15) is 0 Å². The number of para-hydroxylation sites is 4. The minimum atomic E-state index is 0.393. The van der Waals surface area contributed by atoms with Gasteiger partial charge in [0, 0.05) is 27.8 Å². The second kappa shape index (κ2) is 9.70. The molecule has 0 radical (unpaired) electrons. The molecule has 1 aromatic heterocycles. The Morgan fingerprint density at radius 2 is 1.44 bits per heavy atom. The second-order valence-electron chi connectivity index (χ2n) is 9.97. The third-order valence-corrected chi connectivity index (χ3v) is 7.60. The third-order valence-electron chi connectivity index (χ3n) is 7.60. The highest BCUT2D eigenvalue weighted by Crippen LogP contribution is 2.52. The Kier molecular flexibility index (Phi) is 5.75. The third kappa shape index (κ3) is 3.91. The lowest BCUT2D eigenvalue weighted by molar-refractivity contribution is 0.822. The monoisotopic (exact) mass is 503 g/mol. The van der Waals surface area contributed by atoms with Crippen LogP contribution in [0.25, 0.3) is 39.0 Å². The zero-order valence-electron chi connectivity index (χ0n) is 21.6. The first-order valence-electron chi connectivity index (χ1n) is 13.5. The van der Waals surface area contributed by atoms with E-state index in [0.29, 0.717) is 11.7 Å². The molecule has 3 heteroatoms. The van der Waals surface area contributed by atoms with Crippen molar-refractivity contribution in [2.24, 2.45) is 11.7 Å². The highest BCUT2D eigenvalue weighted by molar-refractivity contribution is 6.12. The Morgan fingerprint density at radius 3 is 2.23 bits per heavy atom. The van der Waals surface area contributed by atoms with Crippen molar-refractivity contribution in [1.82, 2.24) is 4.57 Å². The van der Waals surface area contributed by atoms with Gasteiger partial charge in [0.25, 0.3) is 0 Å². The molecule has 0 spiro atoms. The van der Waals surface area contributed by atoms with Gasteiger partial charge in [0.15, 0.2) is 0 Å². The van der Waals surface area contributed by atoms with Crippen LogP contribution in [0.1, 0.15) is 6.42 Å². The number of aromatic nitrogens is 1. The van der Waals surface area contributed by atoms with Gasteiger partial charge < -0.3 is 10.3 Å². The van der Waals surface area contributed by atoms with Crippen molar-refractivity contribution in [2.45, 2.75) is 6.42 Å². The van der Waals surface area contributed by atoms with Gasteiger partial charge >= 0.3 is 0 Å². The van der Waals surface area contributed by atoms with E-state index in [-0.39, 0.29) is 0 Å². The Bertz CT molecular complexity index is 1800. The predicted molar refractivity (Wildman–Crippen MR) is 164 cm³/mol. The van der Waals surface area contributed by atoms with Gasteiger partial charge in [0.1, 0.15) is 5.82 Å². The minimum absolute atomic E-state index is 0.393. The topological polar surface area (TPSA) is 34.2 Å². The van der Waals surface area contributed by atoms with Gasteiger partial charge in [-0.15, -0.1) is 0 Å². The van der Waals surface area contributed by atoms with Gasteiger partial charge in [0.05, 0.1) is 22.6 Å². The van der Waals surface area contributed by atoms with Crippen LogP contribution in [0.3, 0.4) is 0 Å². The summed E-state index contributed by atoms with van der Waals surface area (Å²) in [5, 5.41) is 1.22. The molecule has 2 aliphatic rings. The van der Waals surface area contributed by atoms with Gasteiger partial charge in [-0.05, 0) is 48.7 Å². The molecular formula is C36H29N3. The summed E-state index contributed by atoms with van der Waals surface area (Å²) in [6.45, 7) is 0. The molecule has 1 aliphatic heterocycles. The molecule has 1 aliphatic carbocycles. The number of hydrogen-bond acceptors (Lipinski definition) is 2. The number of hydrogen-bond donors (Lipinski definition) is 1. The number of allylic oxidation sites excluding steroid dienone is 7. The SMILES string of the molecule is N/C(=C\C=C/C1C=CC=CC1)N1c2ccccc2-c2c(n(-c3ccccc3)c3ccccc23)-c2ccccc21. The first-order valence-corrected chi connectivity index (χ1v) is 13.5. The summed E-state index contributed by atoms with van der Waals surface area (Å²) in [5.41, 5.74) is 16.1. The van der Waals surface area contributed by atoms with Crippen LogP contribution in [0.4, 0.5) is 11.4 Å². The van der Waals surface area contributed by atoms with Crippen LogP contribution in [-0.2, 0) is 0 Å². The van der Waals surface area contributed by atoms with E-state index < -0.39 is 0 Å². The van der Waals surface area contributed by atoms with Crippen molar-refractivity contribution in [3.8, 4) is 28.1 Å². The lowest BCUT2D eigenvalue weighted by Gasteiger charge is -2.27. The molecule has 188 valence electrons. The maximum absolute atomic E-state index is 6.93. The molecule has 1 atom stereocenters. The number of rotatable bonds is 4. The summed E-state index contributed by atoms with van der Waals surface area (Å²) >= 11 is 0. The van der Waals surface area contributed by atoms with Crippen LogP contribution >= 0.6 is 0 Å². The van der Waals surface area contributed by atoms with Crippen molar-refractivity contribution >= 4 is 22.3 Å². The second-order valence-corrected chi connectivity index (χ2v) is 9.97. The average Bonchev–Trinajstić information content (AvgIpc) is 3.27. The number of anilines is 2. The first kappa shape index (κ1) is 23.1. The zero-order valence-corrected chi connectivity index (χ0v) is 21.6. The minimum Gasteiger partial charge on any atom is -0.385 e. The number of fused-ring (bicyclic) bond motifs is 7. The fourth-order valence-electron chi connectivity index (χ4n) is 5.88. The van der Waals surface area contributed by atoms with E-state index in [2.05, 4.69) is 149 Å². The molecule has 0 fully saturated rings. The highest BCUT2D eigenvalue weighted by atomic mass is 15.2. The van der Waals surface area contributed by atoms with E-state index in [1.54, 1.807) is 0 Å². The van der Waals surface area contributed by atoms with Crippen LogP contribution in [0.2, 0.25) is 0 Å². The molecular weight excluding hydrogens is 474 g/mol. The summed E-state index contributed by atoms with van der Waals surface area (Å²) in [7, 11) is 0. The number of benzene rings is 4. The largest absolute Gasteiger partial charge is 0.385 e. The molecule has 0 amide bonds. The molecule has 4 aromatic carbocycles. The number of nitrogens with zero attached hydrogens (tertiary/aromatic N) is 2. The lowest BCUT2D eigenvalue weighted by atomic mass is 9.98. The molecule has 0 saturated carbocycles. The quantitative estimate of drug-likeness (QED) is 0.248. The van der Waals surface area contributed by atoms with Crippen LogP contribution < -0.4 is 10.6 Å². The normalized spacial score (nSPS) is 16.3. The molecule has 7 rings (SSSR count). The fourth-order valence-corrected chi connectivity index (χ4v) is 5.88. The average molecular weight is 504 g/mol. The fraction of sp³-hybridized carbons (Fsp3) is 0.0556. The van der Waals surface area contributed by atoms with Gasteiger partial charge in [0.2, 0.25) is 0 Å². The summed E-state index contributed by atoms with van der Waals surface area (Å²) < 4.78 is 2.40. The standard InChI is InChI=1S/C36H29N3/c37-34(25-13-16-26-14-3-1-4-15-26)39-32-23-11-8-20-29(32)35-28-19-7-10-22-31(28)38(27-17-5-2-6-18-27)36(35)30-21-9-12-24-33(30)39/h1-14,16-26H,15,37H2/b16-13-,34-25+. The molecule has 5 aromatic rings. The Morgan fingerprint density at radius 1 is 0.744 bits per heavy atom. The number of nitrogens with two attached hydrogens (primary N) is 1. The van der Waals surface area contributed by atoms with Gasteiger partial charge in [-0.25, -0.2) is 0 Å². The maximum Gasteiger partial charge on any atom is 0.108 e. The molecule has 2 heterocycles. The Labute approximate surface area is 229 Å². The zero-order chi connectivity index (χ0) is 26.2. The smallest absolute Gasteiger partial charge is 0.108 e. The molecule has 1 unspecified atom stereocenters. The predicted octanol–water partition coefficient (Wildman–Crippen LogP) is 8.90. The van der Waals surface area contributed by atoms with Crippen LogP contribution in [0.5, 0.6) is 0 Å². The van der Waals surface area contributed by atoms with Crippen molar-refractivity contribution < 1.29 is 0 Å². The van der Waals surface area contributed by atoms with E-state index in [1.807, 2.05) is 6.08 Å². The van der Waals surface area contributed by atoms with Gasteiger partial charge in [-0.1, -0.05) is 109 Å². The van der Waals surface area contributed by atoms with E-state index >= 15 is 0 Å². The van der Waals surface area contributed by atoms with E-state index in [1.165, 1.54) is 22.2 Å². The Balaban J connectivity index is 1.50. The van der Waals surface area contributed by atoms with Crippen molar-refractivity contribution in [3.63, 3.8) is 0 Å². The highest BCUT2D eigenvalue weighted by Gasteiger charge is 2.31. The maximum atomic E-state index is 6.93.